The van der Waals surface area contributed by atoms with Crippen molar-refractivity contribution in [2.75, 3.05) is 0 Å². The summed E-state index contributed by atoms with van der Waals surface area (Å²) in [5.74, 6) is 0.333. The van der Waals surface area contributed by atoms with Crippen molar-refractivity contribution in [3.63, 3.8) is 0 Å². The Balaban J connectivity index is 1.68. The van der Waals surface area contributed by atoms with Gasteiger partial charge in [0.15, 0.2) is 11.4 Å². The number of carbonyl (C=O) groups excluding carboxylic acids is 1. The van der Waals surface area contributed by atoms with Gasteiger partial charge in [0, 0.05) is 11.9 Å². The third kappa shape index (κ3) is 3.50. The topological polar surface area (TPSA) is 82.3 Å². The van der Waals surface area contributed by atoms with E-state index in [-0.39, 0.29) is 17.9 Å². The number of ether oxygens (including phenoxy) is 1. The average Bonchev–Trinajstić information content (AvgIpc) is 3.13. The van der Waals surface area contributed by atoms with E-state index >= 15 is 0 Å². The number of hydrogen-bond acceptors (Lipinski definition) is 6. The number of pyridine rings is 3. The van der Waals surface area contributed by atoms with Crippen LogP contribution in [-0.2, 0) is 6.42 Å². The third-order valence-corrected chi connectivity index (χ3v) is 3.94. The molecule has 0 N–H and O–H groups in total. The summed E-state index contributed by atoms with van der Waals surface area (Å²) in [6.07, 6.45) is 6.21. The number of Topliss-reactive ketones (excluding diaryl/α,β-unsaturated/α-hetero) is 1. The standard InChI is InChI=1S/C19H14FN5O2/c1-12-17(20)5-4-13(24-12)7-18(26)16-8-15(10-25-19(16)22-11-23-25)27-14-3-2-6-21-9-14/h2-6,8-11H,7H2,1H3. The van der Waals surface area contributed by atoms with Crippen LogP contribution in [0, 0.1) is 12.7 Å². The molecule has 27 heavy (non-hydrogen) atoms. The van der Waals surface area contributed by atoms with E-state index in [1.807, 2.05) is 0 Å². The van der Waals surface area contributed by atoms with Gasteiger partial charge in [-0.25, -0.2) is 13.9 Å². The molecular weight excluding hydrogens is 349 g/mol. The molecular formula is C19H14FN5O2. The fourth-order valence-corrected chi connectivity index (χ4v) is 2.66. The second kappa shape index (κ2) is 6.91. The molecule has 4 rings (SSSR count). The van der Waals surface area contributed by atoms with Crippen LogP contribution in [0.25, 0.3) is 5.65 Å². The second-order valence-electron chi connectivity index (χ2n) is 5.88. The quantitative estimate of drug-likeness (QED) is 0.507. The first kappa shape index (κ1) is 16.8. The van der Waals surface area contributed by atoms with E-state index in [9.17, 15) is 9.18 Å². The molecule has 0 spiro atoms. The third-order valence-electron chi connectivity index (χ3n) is 3.94. The summed E-state index contributed by atoms with van der Waals surface area (Å²) in [4.78, 5) is 25.1. The average molecular weight is 363 g/mol. The summed E-state index contributed by atoms with van der Waals surface area (Å²) in [5.41, 5.74) is 1.49. The Morgan fingerprint density at radius 3 is 2.93 bits per heavy atom. The van der Waals surface area contributed by atoms with Crippen LogP contribution in [0.1, 0.15) is 21.7 Å². The highest BCUT2D eigenvalue weighted by molar-refractivity contribution is 6.02. The summed E-state index contributed by atoms with van der Waals surface area (Å²) in [5, 5.41) is 4.09. The summed E-state index contributed by atoms with van der Waals surface area (Å²) in [6, 6.07) is 7.91. The molecule has 0 aliphatic carbocycles. The molecule has 0 saturated carbocycles. The molecule has 0 aliphatic rings. The van der Waals surface area contributed by atoms with Crippen molar-refractivity contribution in [2.24, 2.45) is 0 Å². The van der Waals surface area contributed by atoms with Crippen molar-refractivity contribution in [1.82, 2.24) is 24.6 Å². The number of aryl methyl sites for hydroxylation is 1. The minimum absolute atomic E-state index is 0.0139. The number of carbonyl (C=O) groups is 1. The lowest BCUT2D eigenvalue weighted by Gasteiger charge is -2.09. The molecule has 4 heterocycles. The summed E-state index contributed by atoms with van der Waals surface area (Å²) in [6.45, 7) is 1.56. The maximum absolute atomic E-state index is 13.4. The Labute approximate surface area is 153 Å². The first-order valence-corrected chi connectivity index (χ1v) is 8.16. The highest BCUT2D eigenvalue weighted by Crippen LogP contribution is 2.24. The number of halogens is 1. The van der Waals surface area contributed by atoms with Gasteiger partial charge in [0.1, 0.15) is 23.6 Å². The minimum atomic E-state index is -0.405. The summed E-state index contributed by atoms with van der Waals surface area (Å²) < 4.78 is 20.6. The fraction of sp³-hybridized carbons (Fsp3) is 0.105. The molecule has 0 radical (unpaired) electrons. The smallest absolute Gasteiger partial charge is 0.172 e. The van der Waals surface area contributed by atoms with E-state index in [0.29, 0.717) is 28.4 Å². The monoisotopic (exact) mass is 363 g/mol. The highest BCUT2D eigenvalue weighted by atomic mass is 19.1. The van der Waals surface area contributed by atoms with Crippen LogP contribution in [0.3, 0.4) is 0 Å². The van der Waals surface area contributed by atoms with Crippen LogP contribution in [-0.4, -0.2) is 30.3 Å². The zero-order valence-corrected chi connectivity index (χ0v) is 14.3. The SMILES string of the molecule is Cc1nc(CC(=O)c2cc(Oc3cccnc3)cn3ncnc23)ccc1F. The Hall–Kier alpha value is -3.68. The van der Waals surface area contributed by atoms with Crippen LogP contribution in [0.4, 0.5) is 4.39 Å². The fourth-order valence-electron chi connectivity index (χ4n) is 2.66. The molecule has 0 saturated heterocycles. The van der Waals surface area contributed by atoms with Gasteiger partial charge in [0.05, 0.1) is 30.1 Å². The maximum Gasteiger partial charge on any atom is 0.172 e. The lowest BCUT2D eigenvalue weighted by atomic mass is 10.1. The van der Waals surface area contributed by atoms with Crippen LogP contribution in [0.15, 0.2) is 55.2 Å². The number of hydrogen-bond donors (Lipinski definition) is 0. The van der Waals surface area contributed by atoms with E-state index in [1.165, 1.54) is 23.0 Å². The van der Waals surface area contributed by atoms with Gasteiger partial charge in [-0.3, -0.25) is 14.8 Å². The van der Waals surface area contributed by atoms with Crippen LogP contribution < -0.4 is 4.74 Å². The van der Waals surface area contributed by atoms with Gasteiger partial charge in [-0.1, -0.05) is 0 Å². The molecule has 0 amide bonds. The van der Waals surface area contributed by atoms with Gasteiger partial charge in [-0.05, 0) is 37.3 Å². The van der Waals surface area contributed by atoms with E-state index < -0.39 is 5.82 Å². The summed E-state index contributed by atoms with van der Waals surface area (Å²) in [7, 11) is 0. The zero-order valence-electron chi connectivity index (χ0n) is 14.3. The first-order chi connectivity index (χ1) is 13.1. The van der Waals surface area contributed by atoms with E-state index in [0.717, 1.165) is 0 Å². The van der Waals surface area contributed by atoms with Gasteiger partial charge in [-0.15, -0.1) is 0 Å². The van der Waals surface area contributed by atoms with Gasteiger partial charge < -0.3 is 4.74 Å². The second-order valence-corrected chi connectivity index (χ2v) is 5.88. The molecule has 4 aromatic heterocycles. The molecule has 8 heteroatoms. The molecule has 134 valence electrons. The maximum atomic E-state index is 13.4. The van der Waals surface area contributed by atoms with Crippen molar-refractivity contribution >= 4 is 11.4 Å². The number of aromatic nitrogens is 5. The molecule has 0 aromatic carbocycles. The van der Waals surface area contributed by atoms with Crippen molar-refractivity contribution in [2.45, 2.75) is 13.3 Å². The molecule has 0 aliphatic heterocycles. The van der Waals surface area contributed by atoms with Crippen molar-refractivity contribution < 1.29 is 13.9 Å². The molecule has 0 bridgehead atoms. The van der Waals surface area contributed by atoms with Gasteiger partial charge >= 0.3 is 0 Å². The van der Waals surface area contributed by atoms with Gasteiger partial charge in [0.2, 0.25) is 0 Å². The predicted octanol–water partition coefficient (Wildman–Crippen LogP) is 3.18. The Morgan fingerprint density at radius 2 is 2.15 bits per heavy atom. The first-order valence-electron chi connectivity index (χ1n) is 8.16. The molecule has 0 fully saturated rings. The number of ketones is 1. The van der Waals surface area contributed by atoms with Crippen molar-refractivity contribution in [1.29, 1.82) is 0 Å². The number of fused-ring (bicyclic) bond motifs is 1. The number of nitrogens with zero attached hydrogens (tertiary/aromatic N) is 5. The Kier molecular flexibility index (Phi) is 4.29. The largest absolute Gasteiger partial charge is 0.454 e. The minimum Gasteiger partial charge on any atom is -0.454 e. The predicted molar refractivity (Wildman–Crippen MR) is 94.3 cm³/mol. The van der Waals surface area contributed by atoms with Crippen molar-refractivity contribution in [3.05, 3.63) is 78.0 Å². The zero-order chi connectivity index (χ0) is 18.8. The van der Waals surface area contributed by atoms with E-state index in [1.54, 1.807) is 43.7 Å². The van der Waals surface area contributed by atoms with Crippen LogP contribution in [0.5, 0.6) is 11.5 Å². The lowest BCUT2D eigenvalue weighted by Crippen LogP contribution is -2.09. The van der Waals surface area contributed by atoms with Gasteiger partial charge in [-0.2, -0.15) is 5.10 Å². The molecule has 0 unspecified atom stereocenters. The lowest BCUT2D eigenvalue weighted by molar-refractivity contribution is 0.0992. The van der Waals surface area contributed by atoms with Crippen LogP contribution >= 0.6 is 0 Å². The molecule has 7 nitrogen and oxygen atoms in total. The molecule has 0 atom stereocenters. The van der Waals surface area contributed by atoms with Gasteiger partial charge in [0.25, 0.3) is 0 Å². The normalized spacial score (nSPS) is 10.9. The van der Waals surface area contributed by atoms with Crippen LogP contribution in [0.2, 0.25) is 0 Å². The molecule has 4 aromatic rings. The van der Waals surface area contributed by atoms with E-state index in [4.69, 9.17) is 4.74 Å². The number of rotatable bonds is 5. The summed E-state index contributed by atoms with van der Waals surface area (Å²) >= 11 is 0. The highest BCUT2D eigenvalue weighted by Gasteiger charge is 2.17. The van der Waals surface area contributed by atoms with Crippen molar-refractivity contribution in [3.8, 4) is 11.5 Å². The Bertz CT molecular complexity index is 1130. The van der Waals surface area contributed by atoms with E-state index in [2.05, 4.69) is 20.1 Å². The Morgan fingerprint density at radius 1 is 1.26 bits per heavy atom.